The smallest absolute Gasteiger partial charge is 0.339 e. The molecule has 3 aliphatic rings. The number of aryl methyl sites for hydroxylation is 4. The molecule has 2 saturated heterocycles. The lowest BCUT2D eigenvalue weighted by molar-refractivity contribution is -0.121. The van der Waals surface area contributed by atoms with Crippen LogP contribution in [0.4, 0.5) is 0 Å². The van der Waals surface area contributed by atoms with Crippen LogP contribution in [0.5, 0.6) is 0 Å². The molecule has 36 heavy (non-hydrogen) atoms. The summed E-state index contributed by atoms with van der Waals surface area (Å²) < 4.78 is 12.0. The Hall–Kier alpha value is -2.60. The van der Waals surface area contributed by atoms with Gasteiger partial charge >= 0.3 is 5.63 Å². The van der Waals surface area contributed by atoms with E-state index in [1.165, 1.54) is 57.2 Å². The molecule has 1 N–H and O–H groups in total. The summed E-state index contributed by atoms with van der Waals surface area (Å²) in [6.07, 6.45) is 11.3. The zero-order valence-electron chi connectivity index (χ0n) is 21.7. The molecule has 2 aromatic heterocycles. The second-order valence-electron chi connectivity index (χ2n) is 11.3. The molecule has 2 fully saturated rings. The summed E-state index contributed by atoms with van der Waals surface area (Å²) in [6.45, 7) is 7.13. The summed E-state index contributed by atoms with van der Waals surface area (Å²) in [6, 6.07) is 2.77. The fourth-order valence-corrected chi connectivity index (χ4v) is 7.09. The first-order chi connectivity index (χ1) is 17.5. The molecule has 0 bridgehead atoms. The molecule has 2 aliphatic heterocycles. The Morgan fingerprint density at radius 2 is 1.78 bits per heavy atom. The number of carbonyl (C=O) groups excluding carboxylic acids is 1. The molecule has 6 nitrogen and oxygen atoms in total. The highest BCUT2D eigenvalue weighted by molar-refractivity contribution is 6.00. The predicted octanol–water partition coefficient (Wildman–Crippen LogP) is 5.35. The minimum absolute atomic E-state index is 0.0253. The highest BCUT2D eigenvalue weighted by atomic mass is 16.4. The van der Waals surface area contributed by atoms with Crippen molar-refractivity contribution < 1.29 is 13.6 Å². The van der Waals surface area contributed by atoms with Crippen LogP contribution in [0.3, 0.4) is 0 Å². The van der Waals surface area contributed by atoms with Crippen LogP contribution < -0.4 is 10.9 Å². The number of fused-ring (bicyclic) bond motifs is 5. The highest BCUT2D eigenvalue weighted by Gasteiger charge is 2.33. The van der Waals surface area contributed by atoms with E-state index in [4.69, 9.17) is 8.83 Å². The lowest BCUT2D eigenvalue weighted by atomic mass is 9.83. The largest absolute Gasteiger partial charge is 0.460 e. The van der Waals surface area contributed by atoms with Crippen LogP contribution in [0.15, 0.2) is 19.7 Å². The SMILES string of the molecule is Cc1c(CCC(=O)NCC2CCCN3CCCCC23)c(=O)oc2c(C)c3oc4c(c3cc12)CCCC4. The van der Waals surface area contributed by atoms with Crippen LogP contribution in [0.25, 0.3) is 21.9 Å². The fourth-order valence-electron chi connectivity index (χ4n) is 7.09. The molecule has 0 saturated carbocycles. The van der Waals surface area contributed by atoms with E-state index in [0.29, 0.717) is 35.9 Å². The minimum atomic E-state index is -0.336. The average Bonchev–Trinajstić information content (AvgIpc) is 3.27. The molecule has 2 unspecified atom stereocenters. The number of nitrogens with one attached hydrogen (secondary N) is 1. The third-order valence-electron chi connectivity index (χ3n) is 9.12. The first kappa shape index (κ1) is 23.8. The maximum absolute atomic E-state index is 13.0. The molecule has 192 valence electrons. The second-order valence-corrected chi connectivity index (χ2v) is 11.3. The Labute approximate surface area is 212 Å². The molecule has 2 atom stereocenters. The normalized spacial score (nSPS) is 22.5. The van der Waals surface area contributed by atoms with Crippen LogP contribution in [-0.2, 0) is 24.1 Å². The van der Waals surface area contributed by atoms with Crippen molar-refractivity contribution >= 4 is 27.8 Å². The standard InChI is InChI=1S/C30H38N2O4/c1-18-21(12-13-27(33)31-17-20-8-7-15-32-14-6-5-10-25(20)32)30(34)36-28-19(2)29-24(16-23(18)28)22-9-3-4-11-26(22)35-29/h16,20,25H,3-15,17H2,1-2H3,(H,31,33). The molecule has 0 radical (unpaired) electrons. The predicted molar refractivity (Wildman–Crippen MR) is 142 cm³/mol. The molecular weight excluding hydrogens is 452 g/mol. The van der Waals surface area contributed by atoms with Crippen molar-refractivity contribution in [2.75, 3.05) is 19.6 Å². The molecule has 6 rings (SSSR count). The number of nitrogens with zero attached hydrogens (tertiary/aromatic N) is 1. The minimum Gasteiger partial charge on any atom is -0.460 e. The number of carbonyl (C=O) groups is 1. The van der Waals surface area contributed by atoms with Crippen LogP contribution >= 0.6 is 0 Å². The van der Waals surface area contributed by atoms with Crippen LogP contribution in [0, 0.1) is 19.8 Å². The van der Waals surface area contributed by atoms with E-state index in [0.717, 1.165) is 59.0 Å². The summed E-state index contributed by atoms with van der Waals surface area (Å²) in [5.74, 6) is 1.65. The van der Waals surface area contributed by atoms with Gasteiger partial charge in [-0.2, -0.15) is 0 Å². The topological polar surface area (TPSA) is 75.7 Å². The van der Waals surface area contributed by atoms with Crippen LogP contribution in [0.2, 0.25) is 0 Å². The number of hydrogen-bond donors (Lipinski definition) is 1. The van der Waals surface area contributed by atoms with Gasteiger partial charge in [-0.05, 0) is 95.9 Å². The van der Waals surface area contributed by atoms with E-state index >= 15 is 0 Å². The van der Waals surface area contributed by atoms with Gasteiger partial charge in [0.2, 0.25) is 5.91 Å². The Bertz CT molecular complexity index is 1370. The van der Waals surface area contributed by atoms with Gasteiger partial charge in [-0.15, -0.1) is 0 Å². The van der Waals surface area contributed by atoms with Gasteiger partial charge in [0, 0.05) is 52.9 Å². The quantitative estimate of drug-likeness (QED) is 0.488. The van der Waals surface area contributed by atoms with Crippen molar-refractivity contribution in [3.05, 3.63) is 44.5 Å². The van der Waals surface area contributed by atoms with Crippen molar-refractivity contribution in [1.29, 1.82) is 0 Å². The van der Waals surface area contributed by atoms with Crippen molar-refractivity contribution in [3.8, 4) is 0 Å². The van der Waals surface area contributed by atoms with Gasteiger partial charge in [0.15, 0.2) is 0 Å². The Kier molecular flexibility index (Phi) is 6.40. The molecular formula is C30H38N2O4. The summed E-state index contributed by atoms with van der Waals surface area (Å²) in [7, 11) is 0. The van der Waals surface area contributed by atoms with Gasteiger partial charge in [0.25, 0.3) is 0 Å². The second kappa shape index (κ2) is 9.70. The first-order valence-electron chi connectivity index (χ1n) is 14.0. The van der Waals surface area contributed by atoms with Crippen molar-refractivity contribution in [3.63, 3.8) is 0 Å². The zero-order chi connectivity index (χ0) is 24.8. The molecule has 1 aromatic carbocycles. The van der Waals surface area contributed by atoms with Gasteiger partial charge in [-0.1, -0.05) is 6.42 Å². The van der Waals surface area contributed by atoms with Crippen molar-refractivity contribution in [2.45, 2.75) is 90.5 Å². The Morgan fingerprint density at radius 1 is 0.972 bits per heavy atom. The Balaban J connectivity index is 1.19. The average molecular weight is 491 g/mol. The molecule has 0 spiro atoms. The van der Waals surface area contributed by atoms with Crippen LogP contribution in [-0.4, -0.2) is 36.5 Å². The van der Waals surface area contributed by atoms with Crippen molar-refractivity contribution in [2.24, 2.45) is 5.92 Å². The summed E-state index contributed by atoms with van der Waals surface area (Å²) in [5, 5.41) is 5.30. The zero-order valence-corrected chi connectivity index (χ0v) is 21.7. The van der Waals surface area contributed by atoms with Gasteiger partial charge in [-0.25, -0.2) is 4.79 Å². The van der Waals surface area contributed by atoms with Crippen LogP contribution in [0.1, 0.15) is 79.4 Å². The fraction of sp³-hybridized carbons (Fsp3) is 0.600. The highest BCUT2D eigenvalue weighted by Crippen LogP contribution is 2.38. The summed E-state index contributed by atoms with van der Waals surface area (Å²) >= 11 is 0. The maximum atomic E-state index is 13.0. The van der Waals surface area contributed by atoms with E-state index in [1.54, 1.807) is 0 Å². The number of rotatable bonds is 5. The van der Waals surface area contributed by atoms with E-state index in [-0.39, 0.29) is 11.5 Å². The summed E-state index contributed by atoms with van der Waals surface area (Å²) in [4.78, 5) is 28.4. The van der Waals surface area contributed by atoms with Gasteiger partial charge in [0.1, 0.15) is 16.9 Å². The number of amides is 1. The molecule has 1 aliphatic carbocycles. The molecule has 3 aromatic rings. The van der Waals surface area contributed by atoms with Crippen molar-refractivity contribution in [1.82, 2.24) is 10.2 Å². The maximum Gasteiger partial charge on any atom is 0.339 e. The molecule has 4 heterocycles. The summed E-state index contributed by atoms with van der Waals surface area (Å²) in [5.41, 5.74) is 4.87. The van der Waals surface area contributed by atoms with E-state index in [9.17, 15) is 9.59 Å². The number of hydrogen-bond acceptors (Lipinski definition) is 5. The number of benzene rings is 1. The molecule has 6 heteroatoms. The lowest BCUT2D eigenvalue weighted by Gasteiger charge is -2.44. The van der Waals surface area contributed by atoms with E-state index in [2.05, 4.69) is 16.3 Å². The van der Waals surface area contributed by atoms with Gasteiger partial charge in [0.05, 0.1) is 0 Å². The lowest BCUT2D eigenvalue weighted by Crippen LogP contribution is -2.51. The third-order valence-corrected chi connectivity index (χ3v) is 9.12. The number of piperidine rings is 2. The van der Waals surface area contributed by atoms with Gasteiger partial charge in [-0.3, -0.25) is 4.79 Å². The number of furan rings is 1. The molecule has 1 amide bonds. The van der Waals surface area contributed by atoms with E-state index in [1.807, 2.05) is 13.8 Å². The van der Waals surface area contributed by atoms with E-state index < -0.39 is 0 Å². The third kappa shape index (κ3) is 4.17. The Morgan fingerprint density at radius 3 is 2.67 bits per heavy atom. The monoisotopic (exact) mass is 490 g/mol. The van der Waals surface area contributed by atoms with Gasteiger partial charge < -0.3 is 19.1 Å². The first-order valence-corrected chi connectivity index (χ1v) is 14.0.